The van der Waals surface area contributed by atoms with Crippen LogP contribution in [-0.2, 0) is 14.3 Å². The van der Waals surface area contributed by atoms with Crippen molar-refractivity contribution >= 4 is 5.97 Å². The normalized spacial score (nSPS) is 13.2. The molecule has 270 valence electrons. The maximum atomic E-state index is 12.2. The first-order chi connectivity index (χ1) is 23.2. The number of esters is 1. The minimum atomic E-state index is -0.552. The summed E-state index contributed by atoms with van der Waals surface area (Å²) in [5.74, 6) is -0.224. The third-order valence-corrected chi connectivity index (χ3v) is 8.02. The van der Waals surface area contributed by atoms with E-state index in [1.54, 1.807) is 0 Å². The van der Waals surface area contributed by atoms with Gasteiger partial charge in [0.05, 0.1) is 13.2 Å². The Labute approximate surface area is 291 Å². The van der Waals surface area contributed by atoms with Crippen LogP contribution in [-0.4, -0.2) is 37.0 Å². The monoisotopic (exact) mass is 655 g/mol. The Balaban J connectivity index is 3.51. The number of aliphatic hydroxyl groups is 1. The second-order valence-electron chi connectivity index (χ2n) is 12.6. The lowest BCUT2D eigenvalue weighted by Crippen LogP contribution is -2.27. The van der Waals surface area contributed by atoms with Crippen LogP contribution in [0.2, 0.25) is 0 Å². The molecule has 0 saturated heterocycles. The maximum absolute atomic E-state index is 12.2. The molecule has 1 atom stereocenters. The second-order valence-corrected chi connectivity index (χ2v) is 12.6. The molecule has 0 spiro atoms. The Morgan fingerprint density at radius 3 is 1.45 bits per heavy atom. The van der Waals surface area contributed by atoms with Crippen molar-refractivity contribution in [1.29, 1.82) is 0 Å². The topological polar surface area (TPSA) is 55.8 Å². The Morgan fingerprint density at radius 2 is 0.957 bits per heavy atom. The lowest BCUT2D eigenvalue weighted by molar-refractivity contribution is -0.154. The van der Waals surface area contributed by atoms with E-state index in [2.05, 4.69) is 86.8 Å². The van der Waals surface area contributed by atoms with Crippen LogP contribution in [0.5, 0.6) is 0 Å². The fourth-order valence-electron chi connectivity index (χ4n) is 5.11. The molecule has 4 heteroatoms. The number of allylic oxidation sites excluding steroid dienone is 12. The molecule has 0 aromatic carbocycles. The van der Waals surface area contributed by atoms with Crippen LogP contribution in [0, 0.1) is 0 Å². The van der Waals surface area contributed by atoms with Crippen LogP contribution in [0.3, 0.4) is 0 Å². The molecule has 0 bridgehead atoms. The first-order valence-corrected chi connectivity index (χ1v) is 19.5. The molecule has 0 saturated carbocycles. The van der Waals surface area contributed by atoms with Crippen molar-refractivity contribution in [3.63, 3.8) is 0 Å². The molecule has 0 fully saturated rings. The highest BCUT2D eigenvalue weighted by Gasteiger charge is 2.13. The molecule has 0 amide bonds. The van der Waals surface area contributed by atoms with Gasteiger partial charge in [-0.05, 0) is 83.5 Å². The van der Waals surface area contributed by atoms with Gasteiger partial charge in [-0.2, -0.15) is 0 Å². The van der Waals surface area contributed by atoms with Crippen molar-refractivity contribution in [3.8, 4) is 0 Å². The van der Waals surface area contributed by atoms with E-state index in [1.165, 1.54) is 77.0 Å². The van der Waals surface area contributed by atoms with E-state index < -0.39 is 6.10 Å². The quantitative estimate of drug-likeness (QED) is 0.0420. The third kappa shape index (κ3) is 38.2. The number of carbonyl (C=O) groups excluding carboxylic acids is 1. The van der Waals surface area contributed by atoms with Crippen molar-refractivity contribution in [2.24, 2.45) is 0 Å². The smallest absolute Gasteiger partial charge is 0.306 e. The number of unbranched alkanes of at least 4 members (excludes halogenated alkanes) is 15. The first kappa shape index (κ1) is 44.8. The molecule has 0 radical (unpaired) electrons. The van der Waals surface area contributed by atoms with Gasteiger partial charge in [-0.25, -0.2) is 0 Å². The summed E-state index contributed by atoms with van der Waals surface area (Å²) in [6.45, 7) is 5.15. The molecule has 0 aromatic heterocycles. The Morgan fingerprint density at radius 1 is 0.532 bits per heavy atom. The standard InChI is InChI=1S/C43H74O4/c1-3-5-7-9-11-13-15-17-19-20-21-22-23-25-27-29-31-33-35-37-39-46-41-42(40-44)47-43(45)38-36-34-32-30-28-26-24-18-16-14-12-10-8-6-4-2/h6,8,11-14,17-19,21-22,24,42,44H,3-5,7,9-10,15-16,20,23,25-41H2,1-2H3/b8-6-,13-11-,14-12-,19-17-,22-21-,24-18-. The van der Waals surface area contributed by atoms with Crippen molar-refractivity contribution in [2.75, 3.05) is 19.8 Å². The zero-order valence-corrected chi connectivity index (χ0v) is 30.8. The van der Waals surface area contributed by atoms with E-state index in [0.29, 0.717) is 13.0 Å². The number of carbonyl (C=O) groups is 1. The van der Waals surface area contributed by atoms with Crippen LogP contribution < -0.4 is 0 Å². The highest BCUT2D eigenvalue weighted by atomic mass is 16.6. The van der Waals surface area contributed by atoms with Crippen molar-refractivity contribution < 1.29 is 19.4 Å². The number of hydrogen-bond donors (Lipinski definition) is 1. The zero-order chi connectivity index (χ0) is 34.1. The van der Waals surface area contributed by atoms with Crippen LogP contribution in [0.25, 0.3) is 0 Å². The molecule has 1 N–H and O–H groups in total. The molecule has 0 heterocycles. The van der Waals surface area contributed by atoms with Crippen LogP contribution in [0.4, 0.5) is 0 Å². The molecular formula is C43H74O4. The molecule has 0 aliphatic rings. The van der Waals surface area contributed by atoms with E-state index in [1.807, 2.05) is 0 Å². The summed E-state index contributed by atoms with van der Waals surface area (Å²) in [5.41, 5.74) is 0. The van der Waals surface area contributed by atoms with Crippen molar-refractivity contribution in [3.05, 3.63) is 72.9 Å². The zero-order valence-electron chi connectivity index (χ0n) is 30.8. The van der Waals surface area contributed by atoms with Gasteiger partial charge in [0, 0.05) is 13.0 Å². The summed E-state index contributed by atoms with van der Waals surface area (Å²) in [7, 11) is 0. The van der Waals surface area contributed by atoms with Crippen molar-refractivity contribution in [1.82, 2.24) is 0 Å². The van der Waals surface area contributed by atoms with E-state index in [-0.39, 0.29) is 19.2 Å². The summed E-state index contributed by atoms with van der Waals surface area (Å²) in [4.78, 5) is 12.2. The Hall–Kier alpha value is -2.17. The Bertz CT molecular complexity index is 820. The van der Waals surface area contributed by atoms with Crippen LogP contribution >= 0.6 is 0 Å². The lowest BCUT2D eigenvalue weighted by Gasteiger charge is -2.15. The van der Waals surface area contributed by atoms with Gasteiger partial charge in [0.25, 0.3) is 0 Å². The minimum absolute atomic E-state index is 0.187. The number of hydrogen-bond acceptors (Lipinski definition) is 4. The minimum Gasteiger partial charge on any atom is -0.457 e. The summed E-state index contributed by atoms with van der Waals surface area (Å²) >= 11 is 0. The summed E-state index contributed by atoms with van der Waals surface area (Å²) < 4.78 is 11.1. The van der Waals surface area contributed by atoms with E-state index >= 15 is 0 Å². The second kappa shape index (κ2) is 40.0. The molecule has 4 nitrogen and oxygen atoms in total. The summed E-state index contributed by atoms with van der Waals surface area (Å²) in [6.07, 6.45) is 53.7. The van der Waals surface area contributed by atoms with Gasteiger partial charge in [0.1, 0.15) is 6.10 Å². The molecule has 1 unspecified atom stereocenters. The van der Waals surface area contributed by atoms with Gasteiger partial charge in [-0.1, -0.05) is 151 Å². The molecule has 0 aliphatic carbocycles. The highest BCUT2D eigenvalue weighted by molar-refractivity contribution is 5.69. The van der Waals surface area contributed by atoms with Crippen molar-refractivity contribution in [2.45, 2.75) is 174 Å². The van der Waals surface area contributed by atoms with Gasteiger partial charge >= 0.3 is 5.97 Å². The molecule has 0 rings (SSSR count). The van der Waals surface area contributed by atoms with E-state index in [9.17, 15) is 9.90 Å². The fraction of sp³-hybridized carbons (Fsp3) is 0.698. The van der Waals surface area contributed by atoms with Gasteiger partial charge < -0.3 is 14.6 Å². The predicted molar refractivity (Wildman–Crippen MR) is 205 cm³/mol. The van der Waals surface area contributed by atoms with Gasteiger partial charge in [0.2, 0.25) is 0 Å². The van der Waals surface area contributed by atoms with Crippen LogP contribution in [0.1, 0.15) is 168 Å². The molecule has 47 heavy (non-hydrogen) atoms. The Kier molecular flexibility index (Phi) is 38.2. The number of rotatable bonds is 35. The fourth-order valence-corrected chi connectivity index (χ4v) is 5.11. The number of aliphatic hydroxyl groups excluding tert-OH is 1. The largest absolute Gasteiger partial charge is 0.457 e. The summed E-state index contributed by atoms with van der Waals surface area (Å²) in [5, 5.41) is 9.57. The average Bonchev–Trinajstić information content (AvgIpc) is 3.08. The predicted octanol–water partition coefficient (Wildman–Crippen LogP) is 12.6. The summed E-state index contributed by atoms with van der Waals surface area (Å²) in [6, 6.07) is 0. The molecule has 0 aromatic rings. The average molecular weight is 655 g/mol. The van der Waals surface area contributed by atoms with E-state index in [4.69, 9.17) is 9.47 Å². The molecule has 0 aliphatic heterocycles. The first-order valence-electron chi connectivity index (χ1n) is 19.5. The lowest BCUT2D eigenvalue weighted by atomic mass is 10.1. The van der Waals surface area contributed by atoms with Gasteiger partial charge in [-0.3, -0.25) is 4.79 Å². The highest BCUT2D eigenvalue weighted by Crippen LogP contribution is 2.11. The van der Waals surface area contributed by atoms with Crippen LogP contribution in [0.15, 0.2) is 72.9 Å². The number of ether oxygens (including phenoxy) is 2. The van der Waals surface area contributed by atoms with Gasteiger partial charge in [-0.15, -0.1) is 0 Å². The SMILES string of the molecule is CC/C=C\C/C=C\C/C=C\CCCCCCCC(=O)OC(CO)COCCCCCCCCC/C=C\C/C=C\C/C=C\CCCCC. The van der Waals surface area contributed by atoms with E-state index in [0.717, 1.165) is 70.6 Å². The molecular weight excluding hydrogens is 580 g/mol. The third-order valence-electron chi connectivity index (χ3n) is 8.02. The maximum Gasteiger partial charge on any atom is 0.306 e. The van der Waals surface area contributed by atoms with Gasteiger partial charge in [0.15, 0.2) is 0 Å².